The van der Waals surface area contributed by atoms with Crippen molar-refractivity contribution in [1.82, 2.24) is 39.1 Å². The highest BCUT2D eigenvalue weighted by atomic mass is 31.3. The molecule has 19 N–H and O–H groups in total. The molecule has 1 aliphatic rings. The monoisotopic (exact) mass is 582 g/mol. The van der Waals surface area contributed by atoms with E-state index in [2.05, 4.69) is 23.1 Å². The third-order valence-corrected chi connectivity index (χ3v) is 7.89. The van der Waals surface area contributed by atoms with Gasteiger partial charge in [-0.15, -0.1) is 6.42 Å². The number of anilines is 1. The molecule has 0 bridgehead atoms. The number of aromatic nitrogens is 3. The number of fused-ring (bicyclic) bond motifs is 1. The van der Waals surface area contributed by atoms with Crippen molar-refractivity contribution in [2.45, 2.75) is 24.4 Å². The molecule has 1 saturated heterocycles. The summed E-state index contributed by atoms with van der Waals surface area (Å²) < 4.78 is 51.3. The molecule has 2 aromatic rings. The van der Waals surface area contributed by atoms with Crippen LogP contribution in [-0.4, -0.2) is 38.0 Å². The van der Waals surface area contributed by atoms with Crippen molar-refractivity contribution >= 4 is 40.3 Å². The Morgan fingerprint density at radius 2 is 1.78 bits per heavy atom. The van der Waals surface area contributed by atoms with Gasteiger partial charge in [-0.2, -0.15) is 0 Å². The van der Waals surface area contributed by atoms with Gasteiger partial charge in [0.05, 0.1) is 19.8 Å². The maximum absolute atomic E-state index is 11.8. The van der Waals surface area contributed by atoms with Gasteiger partial charge in [-0.1, -0.05) is 5.92 Å². The second-order valence-electron chi connectivity index (χ2n) is 6.36. The van der Waals surface area contributed by atoms with Crippen LogP contribution in [0.2, 0.25) is 0 Å². The molecule has 1 fully saturated rings. The summed E-state index contributed by atoms with van der Waals surface area (Å²) in [6.45, 7) is -1.13. The predicted octanol–water partition coefficient (Wildman–Crippen LogP) is -1.01. The number of terminal acetylenes is 1. The molecule has 3 rings (SSSR count). The third kappa shape index (κ3) is 8.08. The summed E-state index contributed by atoms with van der Waals surface area (Å²) in [7, 11) is -18.1. The normalized spacial score (nSPS) is 24.6. The van der Waals surface area contributed by atoms with Crippen LogP contribution in [0.25, 0.3) is 11.0 Å². The second kappa shape index (κ2) is 12.6. The van der Waals surface area contributed by atoms with Crippen LogP contribution in [-0.2, 0) is 31.6 Å². The van der Waals surface area contributed by atoms with Gasteiger partial charge >= 0.3 is 0 Å². The zero-order chi connectivity index (χ0) is 23.9. The van der Waals surface area contributed by atoms with Gasteiger partial charge in [0.2, 0.25) is 0 Å². The van der Waals surface area contributed by atoms with Crippen molar-refractivity contribution in [3.63, 3.8) is 0 Å². The van der Waals surface area contributed by atoms with Crippen LogP contribution < -0.4 is 49.9 Å². The maximum atomic E-state index is 11.8. The van der Waals surface area contributed by atoms with E-state index in [9.17, 15) is 38.4 Å². The van der Waals surface area contributed by atoms with Gasteiger partial charge in [-0.25, -0.2) is 14.3 Å². The van der Waals surface area contributed by atoms with E-state index in [1.165, 1.54) is 17.1 Å². The third-order valence-electron chi connectivity index (χ3n) is 4.24. The number of aliphatic hydroxyl groups excluding tert-OH is 1. The number of nitrogens with zero attached hydrogens (tertiary/aromatic N) is 3. The molecule has 0 saturated carbocycles. The van der Waals surface area contributed by atoms with Crippen LogP contribution in [0, 0.1) is 12.3 Å². The summed E-state index contributed by atoms with van der Waals surface area (Å²) in [5.74, 6) is 2.22. The Morgan fingerprint density at radius 3 is 2.33 bits per heavy atom. The van der Waals surface area contributed by atoms with Gasteiger partial charge in [0.15, 0.2) is 5.60 Å². The standard InChI is InChI=1S/C13H17N4O12P3.4H3N/c1-2-13(6-26-31(22,23)29-32(24,25)28-30(19,20)21)9(18)5-10(27-13)17-4-3-8-11(14)15-7-16-12(8)17;;;;/h1,3-4,7,9-10,18H,5-6H2,(H,22,23)(H,24,25)(H2,14,15,16)(H2,19,20,21);4*1H3/t9-,10+,13+;;;;/m0..../s1. The number of nitrogens with two attached hydrogens (primary N) is 1. The number of ether oxygens (including phenoxy) is 1. The number of quaternary nitrogens is 4. The average molecular weight is 582 g/mol. The van der Waals surface area contributed by atoms with Gasteiger partial charge in [0.1, 0.15) is 30.1 Å². The molecular formula is C13H29N8O12P3. The zero-order valence-electron chi connectivity index (χ0n) is 19.6. The molecular weight excluding hydrogens is 553 g/mol. The summed E-state index contributed by atoms with van der Waals surface area (Å²) in [5, 5.41) is 10.9. The molecule has 0 radical (unpaired) electrons. The van der Waals surface area contributed by atoms with Crippen molar-refractivity contribution in [3.05, 3.63) is 18.6 Å². The average Bonchev–Trinajstić information content (AvgIpc) is 3.19. The fourth-order valence-electron chi connectivity index (χ4n) is 2.90. The zero-order valence-corrected chi connectivity index (χ0v) is 22.3. The number of rotatable bonds is 8. The quantitative estimate of drug-likeness (QED) is 0.160. The summed E-state index contributed by atoms with van der Waals surface area (Å²) in [5.41, 5.74) is 3.99. The largest absolute Gasteiger partial charge is 0.790 e. The van der Waals surface area contributed by atoms with Crippen LogP contribution in [0.5, 0.6) is 0 Å². The lowest BCUT2D eigenvalue weighted by Crippen LogP contribution is -2.42. The second-order valence-corrected chi connectivity index (χ2v) is 10.6. The first-order chi connectivity index (χ1) is 14.7. The Kier molecular flexibility index (Phi) is 12.7. The van der Waals surface area contributed by atoms with E-state index < -0.39 is 48.0 Å². The van der Waals surface area contributed by atoms with E-state index in [0.29, 0.717) is 11.0 Å². The molecule has 208 valence electrons. The molecule has 2 unspecified atom stereocenters. The summed E-state index contributed by atoms with van der Waals surface area (Å²) >= 11 is 0. The smallest absolute Gasteiger partial charge is 0.278 e. The van der Waals surface area contributed by atoms with Gasteiger partial charge in [0, 0.05) is 12.6 Å². The Balaban J connectivity index is 0. The fourth-order valence-corrected chi connectivity index (χ4v) is 5.79. The van der Waals surface area contributed by atoms with Crippen molar-refractivity contribution in [1.29, 1.82) is 0 Å². The van der Waals surface area contributed by atoms with Crippen molar-refractivity contribution in [3.8, 4) is 12.3 Å². The van der Waals surface area contributed by atoms with Crippen LogP contribution in [0.4, 0.5) is 5.82 Å². The first-order valence-electron chi connectivity index (χ1n) is 8.29. The minimum Gasteiger partial charge on any atom is -0.790 e. The van der Waals surface area contributed by atoms with Gasteiger partial charge < -0.3 is 73.4 Å². The van der Waals surface area contributed by atoms with Crippen LogP contribution >= 0.6 is 23.5 Å². The highest BCUT2D eigenvalue weighted by Crippen LogP contribution is 2.60. The van der Waals surface area contributed by atoms with Crippen molar-refractivity contribution in [2.75, 3.05) is 12.3 Å². The molecule has 5 atom stereocenters. The minimum absolute atomic E-state index is 0. The van der Waals surface area contributed by atoms with Gasteiger partial charge in [-0.05, 0) is 6.07 Å². The molecule has 0 spiro atoms. The number of hydrogen-bond acceptors (Lipinski definition) is 15. The molecule has 0 aromatic carbocycles. The van der Waals surface area contributed by atoms with Crippen LogP contribution in [0.1, 0.15) is 12.6 Å². The van der Waals surface area contributed by atoms with E-state index in [0.717, 1.165) is 0 Å². The lowest BCUT2D eigenvalue weighted by Gasteiger charge is -2.38. The van der Waals surface area contributed by atoms with Crippen molar-refractivity contribution < 1.29 is 56.3 Å². The molecule has 0 amide bonds. The maximum Gasteiger partial charge on any atom is 0.278 e. The summed E-state index contributed by atoms with van der Waals surface area (Å²) in [4.78, 5) is 51.6. The Bertz CT molecular complexity index is 1220. The van der Waals surface area contributed by atoms with Crippen LogP contribution in [0.15, 0.2) is 18.6 Å². The molecule has 23 heteroatoms. The lowest BCUT2D eigenvalue weighted by atomic mass is 9.99. The molecule has 2 aromatic heterocycles. The first-order valence-corrected chi connectivity index (χ1v) is 12.7. The lowest BCUT2D eigenvalue weighted by molar-refractivity contribution is -0.339. The molecule has 20 nitrogen and oxygen atoms in total. The number of aliphatic hydroxyl groups is 1. The van der Waals surface area contributed by atoms with Crippen molar-refractivity contribution in [2.24, 2.45) is 0 Å². The number of phosphoric acid groups is 3. The van der Waals surface area contributed by atoms with E-state index in [-0.39, 0.29) is 36.8 Å². The van der Waals surface area contributed by atoms with Crippen LogP contribution in [0.3, 0.4) is 0 Å². The predicted molar refractivity (Wildman–Crippen MR) is 119 cm³/mol. The number of nitrogen functional groups attached to an aromatic ring is 1. The Morgan fingerprint density at radius 1 is 1.17 bits per heavy atom. The molecule has 1 aliphatic heterocycles. The molecule has 36 heavy (non-hydrogen) atoms. The Labute approximate surface area is 203 Å². The van der Waals surface area contributed by atoms with E-state index in [4.69, 9.17) is 16.9 Å². The fraction of sp³-hybridized carbons (Fsp3) is 0.385. The Hall–Kier alpha value is -1.85. The van der Waals surface area contributed by atoms with Gasteiger partial charge in [0.25, 0.3) is 15.6 Å². The first kappa shape index (κ1) is 36.3. The number of hydrogen-bond donors (Lipinski definition) is 6. The molecule has 3 heterocycles. The highest BCUT2D eigenvalue weighted by Gasteiger charge is 2.49. The minimum atomic E-state index is -6.15. The topological polar surface area (TPSA) is 403 Å². The van der Waals surface area contributed by atoms with E-state index in [1.54, 1.807) is 6.07 Å². The SMILES string of the molecule is C#C[C@]1(COP(=O)([O-])OP(=O)([O-])OP(=O)([O-])[O-])O[C@@H](n2ccc3c(N)ncnc32)C[C@@H]1O.[NH4+].[NH4+].[NH4+].[NH4+]. The molecule has 0 aliphatic carbocycles. The highest BCUT2D eigenvalue weighted by molar-refractivity contribution is 7.64. The van der Waals surface area contributed by atoms with Gasteiger partial charge in [-0.3, -0.25) is 13.4 Å². The summed E-state index contributed by atoms with van der Waals surface area (Å²) in [6.07, 6.45) is 5.45. The summed E-state index contributed by atoms with van der Waals surface area (Å²) in [6, 6.07) is 1.57. The van der Waals surface area contributed by atoms with E-state index in [1.807, 2.05) is 5.92 Å². The van der Waals surface area contributed by atoms with E-state index >= 15 is 0 Å². The number of phosphoric ester groups is 1.